The molecule has 0 aliphatic heterocycles. The minimum Gasteiger partial charge on any atom is -0.393 e. The van der Waals surface area contributed by atoms with Crippen molar-refractivity contribution in [1.29, 1.82) is 0 Å². The van der Waals surface area contributed by atoms with Crippen molar-refractivity contribution in [2.45, 2.75) is 20.3 Å². The zero-order chi connectivity index (χ0) is 15.8. The molecule has 0 radical (unpaired) electrons. The predicted octanol–water partition coefficient (Wildman–Crippen LogP) is 3.02. The van der Waals surface area contributed by atoms with E-state index in [0.29, 0.717) is 30.4 Å². The second-order valence-electron chi connectivity index (χ2n) is 5.37. The first-order valence-electron chi connectivity index (χ1n) is 6.93. The van der Waals surface area contributed by atoms with E-state index < -0.39 is 0 Å². The van der Waals surface area contributed by atoms with Crippen LogP contribution in [0.25, 0.3) is 0 Å². The number of hydrogen-bond donors (Lipinski definition) is 2. The summed E-state index contributed by atoms with van der Waals surface area (Å²) in [5.74, 6) is 0.443. The van der Waals surface area contributed by atoms with E-state index in [1.807, 2.05) is 24.3 Å². The zero-order valence-electron chi connectivity index (χ0n) is 12.4. The van der Waals surface area contributed by atoms with Gasteiger partial charge in [-0.3, -0.25) is 9.69 Å². The van der Waals surface area contributed by atoms with Gasteiger partial charge in [0, 0.05) is 24.0 Å². The molecule has 4 nitrogen and oxygen atoms in total. The van der Waals surface area contributed by atoms with Gasteiger partial charge in [-0.1, -0.05) is 38.2 Å². The Kier molecular flexibility index (Phi) is 7.85. The molecule has 0 fully saturated rings. The second-order valence-corrected chi connectivity index (χ2v) is 6.75. The Balaban J connectivity index is 2.58. The largest absolute Gasteiger partial charge is 0.393 e. The van der Waals surface area contributed by atoms with E-state index in [9.17, 15) is 4.79 Å². The highest BCUT2D eigenvalue weighted by atomic mass is 79.9. The molecule has 0 aliphatic rings. The lowest BCUT2D eigenvalue weighted by Crippen LogP contribution is -2.37. The number of hydrogen-bond acceptors (Lipinski definition) is 3. The Bertz CT molecular complexity index is 494. The summed E-state index contributed by atoms with van der Waals surface area (Å²) in [5.41, 5.74) is 6.32. The van der Waals surface area contributed by atoms with Crippen LogP contribution in [0.2, 0.25) is 0 Å². The molecular weight excluding hydrogens is 350 g/mol. The lowest BCUT2D eigenvalue weighted by Gasteiger charge is -2.23. The van der Waals surface area contributed by atoms with Gasteiger partial charge in [0.2, 0.25) is 5.91 Å². The van der Waals surface area contributed by atoms with E-state index in [4.69, 9.17) is 18.0 Å². The van der Waals surface area contributed by atoms with Crippen LogP contribution < -0.4 is 11.1 Å². The molecule has 0 saturated carbocycles. The van der Waals surface area contributed by atoms with Gasteiger partial charge in [0.05, 0.1) is 17.2 Å². The molecule has 1 amide bonds. The number of anilines is 1. The number of para-hydroxylation sites is 1. The fourth-order valence-electron chi connectivity index (χ4n) is 1.98. The van der Waals surface area contributed by atoms with E-state index in [-0.39, 0.29) is 5.91 Å². The van der Waals surface area contributed by atoms with Crippen LogP contribution in [0.5, 0.6) is 0 Å². The number of carbonyl (C=O) groups excluding carboxylic acids is 1. The van der Waals surface area contributed by atoms with Crippen LogP contribution in [0.4, 0.5) is 5.69 Å². The third-order valence-corrected chi connectivity index (χ3v) is 3.71. The lowest BCUT2D eigenvalue weighted by atomic mass is 10.2. The van der Waals surface area contributed by atoms with Crippen LogP contribution in [0, 0.1) is 5.92 Å². The molecule has 3 N–H and O–H groups in total. The topological polar surface area (TPSA) is 58.4 Å². The molecule has 1 aromatic carbocycles. The maximum absolute atomic E-state index is 12.2. The summed E-state index contributed by atoms with van der Waals surface area (Å²) < 4.78 is 0.872. The first-order valence-corrected chi connectivity index (χ1v) is 8.13. The molecule has 0 saturated heterocycles. The minimum atomic E-state index is -0.0366. The average Bonchev–Trinajstić information content (AvgIpc) is 2.38. The quantitative estimate of drug-likeness (QED) is 0.689. The number of carbonyl (C=O) groups is 1. The van der Waals surface area contributed by atoms with Gasteiger partial charge in [-0.05, 0) is 34.0 Å². The maximum Gasteiger partial charge on any atom is 0.238 e. The second kappa shape index (κ2) is 9.12. The Morgan fingerprint density at radius 2 is 2.10 bits per heavy atom. The normalized spacial score (nSPS) is 10.9. The smallest absolute Gasteiger partial charge is 0.238 e. The Labute approximate surface area is 140 Å². The summed E-state index contributed by atoms with van der Waals surface area (Å²) in [4.78, 5) is 14.7. The predicted molar refractivity (Wildman–Crippen MR) is 95.5 cm³/mol. The van der Waals surface area contributed by atoms with E-state index in [1.54, 1.807) is 0 Å². The summed E-state index contributed by atoms with van der Waals surface area (Å²) in [6, 6.07) is 7.56. The van der Waals surface area contributed by atoms with Crippen LogP contribution in [0.15, 0.2) is 28.7 Å². The van der Waals surface area contributed by atoms with E-state index in [1.165, 1.54) is 0 Å². The highest BCUT2D eigenvalue weighted by molar-refractivity contribution is 9.10. The Morgan fingerprint density at radius 3 is 2.67 bits per heavy atom. The minimum absolute atomic E-state index is 0.0366. The molecule has 1 rings (SSSR count). The van der Waals surface area contributed by atoms with Crippen LogP contribution in [0.3, 0.4) is 0 Å². The molecule has 0 aromatic heterocycles. The van der Waals surface area contributed by atoms with Crippen molar-refractivity contribution < 1.29 is 4.79 Å². The number of rotatable bonds is 8. The fourth-order valence-corrected chi connectivity index (χ4v) is 2.45. The maximum atomic E-state index is 12.2. The molecule has 116 valence electrons. The highest BCUT2D eigenvalue weighted by Gasteiger charge is 2.13. The van der Waals surface area contributed by atoms with E-state index >= 15 is 0 Å². The average molecular weight is 372 g/mol. The Hall–Kier alpha value is -0.980. The first kappa shape index (κ1) is 18.1. The van der Waals surface area contributed by atoms with Crippen molar-refractivity contribution in [3.05, 3.63) is 28.7 Å². The summed E-state index contributed by atoms with van der Waals surface area (Å²) in [7, 11) is 0. The molecule has 0 bridgehead atoms. The van der Waals surface area contributed by atoms with Crippen LogP contribution in [-0.4, -0.2) is 35.4 Å². The van der Waals surface area contributed by atoms with Crippen molar-refractivity contribution in [3.8, 4) is 0 Å². The van der Waals surface area contributed by atoms with E-state index in [0.717, 1.165) is 16.7 Å². The van der Waals surface area contributed by atoms with Gasteiger partial charge in [0.1, 0.15) is 0 Å². The van der Waals surface area contributed by atoms with Crippen LogP contribution >= 0.6 is 28.1 Å². The number of thiocarbonyl (C=S) groups is 1. The summed E-state index contributed by atoms with van der Waals surface area (Å²) in [6.45, 7) is 6.13. The van der Waals surface area contributed by atoms with E-state index in [2.05, 4.69) is 40.0 Å². The molecule has 21 heavy (non-hydrogen) atoms. The molecule has 0 heterocycles. The molecule has 0 atom stereocenters. The third-order valence-electron chi connectivity index (χ3n) is 2.81. The third kappa shape index (κ3) is 7.55. The number of benzene rings is 1. The van der Waals surface area contributed by atoms with Crippen LogP contribution in [-0.2, 0) is 4.79 Å². The highest BCUT2D eigenvalue weighted by Crippen LogP contribution is 2.21. The molecule has 0 unspecified atom stereocenters. The van der Waals surface area contributed by atoms with Gasteiger partial charge in [0.15, 0.2) is 0 Å². The van der Waals surface area contributed by atoms with Crippen molar-refractivity contribution in [3.63, 3.8) is 0 Å². The van der Waals surface area contributed by atoms with Crippen molar-refractivity contribution >= 4 is 44.7 Å². The lowest BCUT2D eigenvalue weighted by molar-refractivity contribution is -0.117. The summed E-state index contributed by atoms with van der Waals surface area (Å²) in [6.07, 6.45) is 0.629. The molecule has 1 aromatic rings. The van der Waals surface area contributed by atoms with Gasteiger partial charge in [0.25, 0.3) is 0 Å². The fraction of sp³-hybridized carbons (Fsp3) is 0.467. The number of halogens is 1. The van der Waals surface area contributed by atoms with Crippen molar-refractivity contribution in [1.82, 2.24) is 4.90 Å². The molecule has 0 spiro atoms. The van der Waals surface area contributed by atoms with Gasteiger partial charge < -0.3 is 11.1 Å². The first-order chi connectivity index (χ1) is 9.88. The van der Waals surface area contributed by atoms with Gasteiger partial charge >= 0.3 is 0 Å². The zero-order valence-corrected chi connectivity index (χ0v) is 14.8. The number of nitrogens with two attached hydrogens (primary N) is 1. The van der Waals surface area contributed by atoms with Gasteiger partial charge in [-0.15, -0.1) is 0 Å². The SMILES string of the molecule is CC(C)CN(CCC(N)=S)CC(=O)Nc1ccccc1Br. The Morgan fingerprint density at radius 1 is 1.43 bits per heavy atom. The number of nitrogens with one attached hydrogen (secondary N) is 1. The van der Waals surface area contributed by atoms with Gasteiger partial charge in [-0.25, -0.2) is 0 Å². The molecular formula is C15H22BrN3OS. The van der Waals surface area contributed by atoms with Gasteiger partial charge in [-0.2, -0.15) is 0 Å². The molecule has 6 heteroatoms. The summed E-state index contributed by atoms with van der Waals surface area (Å²) in [5, 5.41) is 2.91. The van der Waals surface area contributed by atoms with Crippen molar-refractivity contribution in [2.24, 2.45) is 11.7 Å². The summed E-state index contributed by atoms with van der Waals surface area (Å²) >= 11 is 8.33. The van der Waals surface area contributed by atoms with Crippen molar-refractivity contribution in [2.75, 3.05) is 25.0 Å². The molecule has 0 aliphatic carbocycles. The standard InChI is InChI=1S/C15H22BrN3OS/c1-11(2)9-19(8-7-14(17)21)10-15(20)18-13-6-4-3-5-12(13)16/h3-6,11H,7-10H2,1-2H3,(H2,17,21)(H,18,20). The number of amides is 1. The van der Waals surface area contributed by atoms with Crippen LogP contribution in [0.1, 0.15) is 20.3 Å². The number of nitrogens with zero attached hydrogens (tertiary/aromatic N) is 1. The monoisotopic (exact) mass is 371 g/mol.